The van der Waals surface area contributed by atoms with Crippen LogP contribution in [0.25, 0.3) is 10.2 Å². The summed E-state index contributed by atoms with van der Waals surface area (Å²) >= 11 is 1.30. The van der Waals surface area contributed by atoms with E-state index in [4.69, 9.17) is 4.74 Å². The van der Waals surface area contributed by atoms with Gasteiger partial charge in [0.2, 0.25) is 0 Å². The second-order valence-electron chi connectivity index (χ2n) is 6.04. The standard InChI is InChI=1S/C16H21N3O3S/c1-5-18-8-17-14-12(15(18)20)11(4)13(23-14)16(21)19-6-9(2)22-10(3)7-19/h8-10H,5-7H2,1-4H3. The highest BCUT2D eigenvalue weighted by Gasteiger charge is 2.29. The third kappa shape index (κ3) is 2.79. The maximum absolute atomic E-state index is 12.9. The molecular formula is C16H21N3O3S. The summed E-state index contributed by atoms with van der Waals surface area (Å²) in [5.74, 6) is -0.0325. The molecule has 0 aromatic carbocycles. The number of aromatic nitrogens is 2. The van der Waals surface area contributed by atoms with Gasteiger partial charge in [0.05, 0.1) is 28.8 Å². The number of hydrogen-bond donors (Lipinski definition) is 0. The molecule has 2 atom stereocenters. The first kappa shape index (κ1) is 16.1. The largest absolute Gasteiger partial charge is 0.372 e. The lowest BCUT2D eigenvalue weighted by Crippen LogP contribution is -2.48. The summed E-state index contributed by atoms with van der Waals surface area (Å²) in [4.78, 5) is 32.8. The van der Waals surface area contributed by atoms with E-state index >= 15 is 0 Å². The highest BCUT2D eigenvalue weighted by molar-refractivity contribution is 7.20. The molecule has 1 aliphatic rings. The van der Waals surface area contributed by atoms with Crippen molar-refractivity contribution in [1.82, 2.24) is 14.5 Å². The van der Waals surface area contributed by atoms with Crippen LogP contribution in [0.4, 0.5) is 0 Å². The fraction of sp³-hybridized carbons (Fsp3) is 0.562. The molecule has 0 N–H and O–H groups in total. The lowest BCUT2D eigenvalue weighted by molar-refractivity contribution is -0.0585. The maximum atomic E-state index is 12.9. The Labute approximate surface area is 138 Å². The van der Waals surface area contributed by atoms with Crippen molar-refractivity contribution in [2.45, 2.75) is 46.4 Å². The number of carbonyl (C=O) groups is 1. The fourth-order valence-corrected chi connectivity index (χ4v) is 4.18. The van der Waals surface area contributed by atoms with Crippen molar-refractivity contribution in [3.8, 4) is 0 Å². The number of aryl methyl sites for hydroxylation is 2. The molecule has 23 heavy (non-hydrogen) atoms. The van der Waals surface area contributed by atoms with Crippen molar-refractivity contribution >= 4 is 27.5 Å². The Hall–Kier alpha value is -1.73. The molecule has 2 aromatic rings. The topological polar surface area (TPSA) is 64.4 Å². The lowest BCUT2D eigenvalue weighted by Gasteiger charge is -2.35. The summed E-state index contributed by atoms with van der Waals surface area (Å²) < 4.78 is 7.25. The fourth-order valence-electron chi connectivity index (χ4n) is 3.08. The third-order valence-corrected chi connectivity index (χ3v) is 5.35. The van der Waals surface area contributed by atoms with E-state index in [1.54, 1.807) is 10.9 Å². The zero-order chi connectivity index (χ0) is 16.7. The van der Waals surface area contributed by atoms with Crippen molar-refractivity contribution < 1.29 is 9.53 Å². The van der Waals surface area contributed by atoms with E-state index in [1.807, 2.05) is 32.6 Å². The first-order valence-electron chi connectivity index (χ1n) is 7.85. The molecule has 1 aliphatic heterocycles. The van der Waals surface area contributed by atoms with Gasteiger partial charge in [-0.25, -0.2) is 4.98 Å². The van der Waals surface area contributed by atoms with E-state index in [-0.39, 0.29) is 23.7 Å². The van der Waals surface area contributed by atoms with Gasteiger partial charge in [-0.2, -0.15) is 0 Å². The van der Waals surface area contributed by atoms with Crippen LogP contribution in [-0.4, -0.2) is 45.7 Å². The highest BCUT2D eigenvalue weighted by atomic mass is 32.1. The number of nitrogens with zero attached hydrogens (tertiary/aromatic N) is 3. The predicted molar refractivity (Wildman–Crippen MR) is 90.2 cm³/mol. The number of morpholine rings is 1. The quantitative estimate of drug-likeness (QED) is 0.842. The molecule has 124 valence electrons. The van der Waals surface area contributed by atoms with Gasteiger partial charge >= 0.3 is 0 Å². The van der Waals surface area contributed by atoms with E-state index < -0.39 is 0 Å². The molecule has 3 heterocycles. The Balaban J connectivity index is 2.03. The third-order valence-electron chi connectivity index (χ3n) is 4.16. The van der Waals surface area contributed by atoms with Crippen LogP contribution in [0.1, 0.15) is 36.0 Å². The smallest absolute Gasteiger partial charge is 0.264 e. The second kappa shape index (κ2) is 6.05. The average Bonchev–Trinajstić information content (AvgIpc) is 2.83. The summed E-state index contributed by atoms with van der Waals surface area (Å²) in [7, 11) is 0. The number of rotatable bonds is 2. The van der Waals surface area contributed by atoms with Gasteiger partial charge in [-0.05, 0) is 33.3 Å². The summed E-state index contributed by atoms with van der Waals surface area (Å²) in [5, 5.41) is 0.567. The number of thiophene rings is 1. The number of ether oxygens (including phenoxy) is 1. The van der Waals surface area contributed by atoms with Crippen molar-refractivity contribution in [1.29, 1.82) is 0 Å². The van der Waals surface area contributed by atoms with Crippen LogP contribution in [-0.2, 0) is 11.3 Å². The lowest BCUT2D eigenvalue weighted by atomic mass is 10.1. The minimum Gasteiger partial charge on any atom is -0.372 e. The van der Waals surface area contributed by atoms with Gasteiger partial charge in [0.1, 0.15) is 4.83 Å². The Morgan fingerprint density at radius 3 is 2.65 bits per heavy atom. The molecule has 0 saturated carbocycles. The first-order chi connectivity index (χ1) is 10.9. The molecule has 2 aromatic heterocycles. The van der Waals surface area contributed by atoms with E-state index in [9.17, 15) is 9.59 Å². The van der Waals surface area contributed by atoms with Crippen molar-refractivity contribution in [3.63, 3.8) is 0 Å². The number of fused-ring (bicyclic) bond motifs is 1. The summed E-state index contributed by atoms with van der Waals surface area (Å²) in [6, 6.07) is 0. The van der Waals surface area contributed by atoms with E-state index in [0.29, 0.717) is 34.7 Å². The summed E-state index contributed by atoms with van der Waals surface area (Å²) in [5.41, 5.74) is 0.663. The van der Waals surface area contributed by atoms with Crippen LogP contribution >= 0.6 is 11.3 Å². The zero-order valence-corrected chi connectivity index (χ0v) is 14.6. The molecule has 6 nitrogen and oxygen atoms in total. The zero-order valence-electron chi connectivity index (χ0n) is 13.8. The second-order valence-corrected chi connectivity index (χ2v) is 7.04. The van der Waals surface area contributed by atoms with Crippen LogP contribution in [0.15, 0.2) is 11.1 Å². The predicted octanol–water partition coefficient (Wildman–Crippen LogP) is 2.04. The van der Waals surface area contributed by atoms with Gasteiger partial charge in [0, 0.05) is 19.6 Å². The van der Waals surface area contributed by atoms with E-state index in [2.05, 4.69) is 4.98 Å². The normalized spacial score (nSPS) is 21.8. The van der Waals surface area contributed by atoms with Crippen LogP contribution < -0.4 is 5.56 Å². The molecule has 0 bridgehead atoms. The van der Waals surface area contributed by atoms with Crippen molar-refractivity contribution in [3.05, 3.63) is 27.1 Å². The average molecular weight is 335 g/mol. The first-order valence-corrected chi connectivity index (χ1v) is 8.67. The Morgan fingerprint density at radius 1 is 1.39 bits per heavy atom. The van der Waals surface area contributed by atoms with Crippen LogP contribution in [0.3, 0.4) is 0 Å². The molecule has 0 spiro atoms. The summed E-state index contributed by atoms with van der Waals surface area (Å²) in [6.07, 6.45) is 1.59. The molecule has 7 heteroatoms. The monoisotopic (exact) mass is 335 g/mol. The Kier molecular flexibility index (Phi) is 4.25. The molecule has 0 aliphatic carbocycles. The molecule has 1 fully saturated rings. The molecule has 1 saturated heterocycles. The van der Waals surface area contributed by atoms with Crippen LogP contribution in [0.2, 0.25) is 0 Å². The van der Waals surface area contributed by atoms with E-state index in [1.165, 1.54) is 11.3 Å². The van der Waals surface area contributed by atoms with Crippen LogP contribution in [0, 0.1) is 6.92 Å². The number of carbonyl (C=O) groups excluding carboxylic acids is 1. The van der Waals surface area contributed by atoms with Crippen molar-refractivity contribution in [2.24, 2.45) is 0 Å². The molecule has 1 amide bonds. The summed E-state index contributed by atoms with van der Waals surface area (Å²) in [6.45, 7) is 9.39. The molecule has 0 radical (unpaired) electrons. The van der Waals surface area contributed by atoms with Crippen molar-refractivity contribution in [2.75, 3.05) is 13.1 Å². The maximum Gasteiger partial charge on any atom is 0.264 e. The molecular weight excluding hydrogens is 314 g/mol. The number of hydrogen-bond acceptors (Lipinski definition) is 5. The van der Waals surface area contributed by atoms with Gasteiger partial charge in [-0.3, -0.25) is 14.2 Å². The van der Waals surface area contributed by atoms with Crippen LogP contribution in [0.5, 0.6) is 0 Å². The Morgan fingerprint density at radius 2 is 2.04 bits per heavy atom. The molecule has 2 unspecified atom stereocenters. The van der Waals surface area contributed by atoms with Gasteiger partial charge in [-0.1, -0.05) is 0 Å². The van der Waals surface area contributed by atoms with E-state index in [0.717, 1.165) is 5.56 Å². The van der Waals surface area contributed by atoms with Gasteiger partial charge in [0.15, 0.2) is 0 Å². The minimum atomic E-state index is -0.0750. The SMILES string of the molecule is CCn1cnc2sc(C(=O)N3CC(C)OC(C)C3)c(C)c2c1=O. The highest BCUT2D eigenvalue weighted by Crippen LogP contribution is 2.28. The number of amides is 1. The van der Waals surface area contributed by atoms with Gasteiger partial charge < -0.3 is 9.64 Å². The van der Waals surface area contributed by atoms with Gasteiger partial charge in [-0.15, -0.1) is 11.3 Å². The molecule has 3 rings (SSSR count). The minimum absolute atomic E-state index is 0.0211. The Bertz CT molecular complexity index is 801. The van der Waals surface area contributed by atoms with Gasteiger partial charge in [0.25, 0.3) is 11.5 Å².